The van der Waals surface area contributed by atoms with Crippen LogP contribution in [0.2, 0.25) is 0 Å². The lowest BCUT2D eigenvalue weighted by molar-refractivity contribution is 0.118. The van der Waals surface area contributed by atoms with E-state index in [1.807, 2.05) is 0 Å². The molecule has 0 aliphatic heterocycles. The van der Waals surface area contributed by atoms with Crippen molar-refractivity contribution in [1.82, 2.24) is 0 Å². The predicted molar refractivity (Wildman–Crippen MR) is 78.7 cm³/mol. The van der Waals surface area contributed by atoms with Crippen LogP contribution >= 0.6 is 15.9 Å². The van der Waals surface area contributed by atoms with Gasteiger partial charge in [0.25, 0.3) is 0 Å². The largest absolute Gasteiger partial charge is 0.382 e. The van der Waals surface area contributed by atoms with Gasteiger partial charge in [0.15, 0.2) is 0 Å². The van der Waals surface area contributed by atoms with Gasteiger partial charge in [-0.25, -0.2) is 0 Å². The Balaban J connectivity index is 2.36. The third kappa shape index (κ3) is 5.30. The van der Waals surface area contributed by atoms with Gasteiger partial charge in [0.1, 0.15) is 0 Å². The molecule has 1 aliphatic rings. The van der Waals surface area contributed by atoms with E-state index in [4.69, 9.17) is 4.74 Å². The van der Waals surface area contributed by atoms with Crippen molar-refractivity contribution >= 4 is 15.9 Å². The van der Waals surface area contributed by atoms with Crippen LogP contribution in [0.5, 0.6) is 0 Å². The minimum absolute atomic E-state index is 0.477. The van der Waals surface area contributed by atoms with Gasteiger partial charge in [-0.2, -0.15) is 0 Å². The average Bonchev–Trinajstić information content (AvgIpc) is 2.25. The highest BCUT2D eigenvalue weighted by Gasteiger charge is 2.34. The third-order valence-corrected chi connectivity index (χ3v) is 5.39. The van der Waals surface area contributed by atoms with Crippen LogP contribution in [0, 0.1) is 17.3 Å². The van der Waals surface area contributed by atoms with Crippen molar-refractivity contribution in [2.75, 3.05) is 13.2 Å². The smallest absolute Gasteiger partial charge is 0.0466 e. The molecule has 1 saturated carbocycles. The molecule has 0 amide bonds. The van der Waals surface area contributed by atoms with Crippen LogP contribution in [0.25, 0.3) is 0 Å². The van der Waals surface area contributed by atoms with Crippen molar-refractivity contribution in [3.8, 4) is 0 Å². The van der Waals surface area contributed by atoms with Gasteiger partial charge in [0.05, 0.1) is 0 Å². The Morgan fingerprint density at radius 3 is 2.53 bits per heavy atom. The van der Waals surface area contributed by atoms with Crippen LogP contribution in [0.1, 0.15) is 59.8 Å². The highest BCUT2D eigenvalue weighted by Crippen LogP contribution is 2.43. The van der Waals surface area contributed by atoms with Gasteiger partial charge in [-0.15, -0.1) is 0 Å². The summed E-state index contributed by atoms with van der Waals surface area (Å²) in [7, 11) is 0. The molecule has 0 aromatic carbocycles. The summed E-state index contributed by atoms with van der Waals surface area (Å²) in [6, 6.07) is 0. The summed E-state index contributed by atoms with van der Waals surface area (Å²) < 4.78 is 5.44. The fourth-order valence-electron chi connectivity index (χ4n) is 2.90. The standard InChI is InChI=1S/C15H29BrO/c1-5-17-10-6-7-12-11-13(15(2,3)4)8-9-14(12)16/h12-14H,5-11H2,1-4H3. The lowest BCUT2D eigenvalue weighted by Crippen LogP contribution is -2.32. The van der Waals surface area contributed by atoms with Crippen LogP contribution < -0.4 is 0 Å². The summed E-state index contributed by atoms with van der Waals surface area (Å²) in [6.45, 7) is 11.0. The molecule has 0 heterocycles. The first-order valence-corrected chi connectivity index (χ1v) is 8.08. The second kappa shape index (κ2) is 7.13. The summed E-state index contributed by atoms with van der Waals surface area (Å²) in [5.74, 6) is 1.75. The van der Waals surface area contributed by atoms with Gasteiger partial charge in [-0.1, -0.05) is 36.7 Å². The molecule has 0 radical (unpaired) electrons. The Morgan fingerprint density at radius 2 is 1.94 bits per heavy atom. The molecule has 0 aromatic heterocycles. The first-order chi connectivity index (χ1) is 7.95. The summed E-state index contributed by atoms with van der Waals surface area (Å²) in [4.78, 5) is 0.739. The van der Waals surface area contributed by atoms with Gasteiger partial charge < -0.3 is 4.74 Å². The highest BCUT2D eigenvalue weighted by molar-refractivity contribution is 9.09. The molecule has 1 rings (SSSR count). The Labute approximate surface area is 116 Å². The molecule has 0 saturated heterocycles. The second-order valence-corrected chi connectivity index (χ2v) is 7.67. The van der Waals surface area contributed by atoms with E-state index in [-0.39, 0.29) is 0 Å². The van der Waals surface area contributed by atoms with Crippen molar-refractivity contribution in [1.29, 1.82) is 0 Å². The maximum Gasteiger partial charge on any atom is 0.0466 e. The summed E-state index contributed by atoms with van der Waals surface area (Å²) in [6.07, 6.45) is 6.67. The lowest BCUT2D eigenvalue weighted by atomic mass is 9.68. The van der Waals surface area contributed by atoms with Crippen LogP contribution in [-0.2, 0) is 4.74 Å². The zero-order valence-electron chi connectivity index (χ0n) is 12.0. The van der Waals surface area contributed by atoms with Crippen LogP contribution in [0.4, 0.5) is 0 Å². The number of hydrogen-bond donors (Lipinski definition) is 0. The first-order valence-electron chi connectivity index (χ1n) is 7.17. The summed E-state index contributed by atoms with van der Waals surface area (Å²) in [5, 5.41) is 0. The molecule has 0 bridgehead atoms. The first kappa shape index (κ1) is 15.5. The zero-order chi connectivity index (χ0) is 12.9. The van der Waals surface area contributed by atoms with E-state index in [0.717, 1.165) is 29.9 Å². The Bertz CT molecular complexity index is 209. The van der Waals surface area contributed by atoms with Crippen molar-refractivity contribution in [2.24, 2.45) is 17.3 Å². The Hall–Kier alpha value is 0.440. The Morgan fingerprint density at radius 1 is 1.24 bits per heavy atom. The summed E-state index contributed by atoms with van der Waals surface area (Å²) >= 11 is 3.88. The molecule has 17 heavy (non-hydrogen) atoms. The highest BCUT2D eigenvalue weighted by atomic mass is 79.9. The fraction of sp³-hybridized carbons (Fsp3) is 1.00. The maximum atomic E-state index is 5.44. The SMILES string of the molecule is CCOCCCC1CC(C(C)(C)C)CCC1Br. The van der Waals surface area contributed by atoms with Crippen molar-refractivity contribution in [2.45, 2.75) is 64.6 Å². The van der Waals surface area contributed by atoms with Crippen LogP contribution in [0.3, 0.4) is 0 Å². The van der Waals surface area contributed by atoms with E-state index in [1.54, 1.807) is 0 Å². The van der Waals surface area contributed by atoms with Gasteiger partial charge in [-0.3, -0.25) is 0 Å². The summed E-state index contributed by atoms with van der Waals surface area (Å²) in [5.41, 5.74) is 0.477. The van der Waals surface area contributed by atoms with Crippen LogP contribution in [-0.4, -0.2) is 18.0 Å². The monoisotopic (exact) mass is 304 g/mol. The maximum absolute atomic E-state index is 5.44. The normalized spacial score (nSPS) is 30.5. The minimum atomic E-state index is 0.477. The topological polar surface area (TPSA) is 9.23 Å². The van der Waals surface area contributed by atoms with Crippen molar-refractivity contribution < 1.29 is 4.74 Å². The van der Waals surface area contributed by atoms with Gasteiger partial charge in [0, 0.05) is 18.0 Å². The molecule has 0 aromatic rings. The number of hydrogen-bond acceptors (Lipinski definition) is 1. The van der Waals surface area contributed by atoms with Crippen molar-refractivity contribution in [3.05, 3.63) is 0 Å². The molecule has 3 atom stereocenters. The number of alkyl halides is 1. The van der Waals surface area contributed by atoms with Crippen LogP contribution in [0.15, 0.2) is 0 Å². The fourth-order valence-corrected chi connectivity index (χ4v) is 3.65. The van der Waals surface area contributed by atoms with E-state index < -0.39 is 0 Å². The molecular formula is C15H29BrO. The molecule has 3 unspecified atom stereocenters. The third-order valence-electron chi connectivity index (χ3n) is 4.18. The quantitative estimate of drug-likeness (QED) is 0.511. The van der Waals surface area contributed by atoms with E-state index in [9.17, 15) is 0 Å². The molecule has 0 spiro atoms. The molecule has 1 fully saturated rings. The molecular weight excluding hydrogens is 276 g/mol. The second-order valence-electron chi connectivity index (χ2n) is 6.49. The molecule has 1 nitrogen and oxygen atoms in total. The predicted octanol–water partition coefficient (Wildman–Crippen LogP) is 5.03. The number of ether oxygens (including phenoxy) is 1. The molecule has 102 valence electrons. The van der Waals surface area contributed by atoms with Gasteiger partial charge in [-0.05, 0) is 56.3 Å². The zero-order valence-corrected chi connectivity index (χ0v) is 13.6. The van der Waals surface area contributed by atoms with Gasteiger partial charge >= 0.3 is 0 Å². The van der Waals surface area contributed by atoms with Gasteiger partial charge in [0.2, 0.25) is 0 Å². The van der Waals surface area contributed by atoms with Crippen molar-refractivity contribution in [3.63, 3.8) is 0 Å². The van der Waals surface area contributed by atoms with E-state index in [1.165, 1.54) is 32.1 Å². The minimum Gasteiger partial charge on any atom is -0.382 e. The number of rotatable bonds is 5. The van der Waals surface area contributed by atoms with E-state index >= 15 is 0 Å². The van der Waals surface area contributed by atoms with E-state index in [0.29, 0.717) is 5.41 Å². The number of halogens is 1. The molecule has 0 N–H and O–H groups in total. The lowest BCUT2D eigenvalue weighted by Gasteiger charge is -2.40. The Kier molecular flexibility index (Phi) is 6.50. The van der Waals surface area contributed by atoms with E-state index in [2.05, 4.69) is 43.6 Å². The molecule has 1 aliphatic carbocycles. The average molecular weight is 305 g/mol. The molecule has 2 heteroatoms.